The van der Waals surface area contributed by atoms with Crippen molar-refractivity contribution < 1.29 is 18.6 Å². The van der Waals surface area contributed by atoms with Crippen LogP contribution < -0.4 is 25.3 Å². The van der Waals surface area contributed by atoms with Gasteiger partial charge in [0.2, 0.25) is 0 Å². The quantitative estimate of drug-likeness (QED) is 0.829. The molecule has 2 aromatic carbocycles. The molecule has 0 aliphatic carbocycles. The van der Waals surface area contributed by atoms with Crippen molar-refractivity contribution in [1.82, 2.24) is 0 Å². The Balaban J connectivity index is 2.34. The summed E-state index contributed by atoms with van der Waals surface area (Å²) < 4.78 is 29.4. The first-order valence-corrected chi connectivity index (χ1v) is 6.21. The predicted molar refractivity (Wildman–Crippen MR) is 80.2 cm³/mol. The van der Waals surface area contributed by atoms with E-state index in [4.69, 9.17) is 19.9 Å². The first-order valence-electron chi connectivity index (χ1n) is 6.21. The fraction of sp³-hybridized carbons (Fsp3) is 0.200. The van der Waals surface area contributed by atoms with E-state index >= 15 is 0 Å². The molecule has 0 heterocycles. The molecule has 0 saturated heterocycles. The van der Waals surface area contributed by atoms with Crippen LogP contribution in [0, 0.1) is 5.82 Å². The third kappa shape index (κ3) is 3.10. The van der Waals surface area contributed by atoms with Crippen molar-refractivity contribution in [3.05, 3.63) is 36.1 Å². The summed E-state index contributed by atoms with van der Waals surface area (Å²) in [5, 5.41) is 2.95. The maximum absolute atomic E-state index is 13.9. The maximum atomic E-state index is 13.9. The molecule has 0 unspecified atom stereocenters. The van der Waals surface area contributed by atoms with E-state index in [2.05, 4.69) is 5.32 Å². The molecule has 6 heteroatoms. The second-order valence-corrected chi connectivity index (χ2v) is 4.27. The molecular formula is C15H17FN2O3. The average Bonchev–Trinajstić information content (AvgIpc) is 2.49. The number of benzene rings is 2. The molecule has 3 N–H and O–H groups in total. The lowest BCUT2D eigenvalue weighted by Crippen LogP contribution is -1.99. The molecular weight excluding hydrogens is 275 g/mol. The summed E-state index contributed by atoms with van der Waals surface area (Å²) in [6, 6.07) is 7.90. The van der Waals surface area contributed by atoms with E-state index in [0.29, 0.717) is 22.9 Å². The van der Waals surface area contributed by atoms with Gasteiger partial charge >= 0.3 is 0 Å². The molecule has 0 saturated carbocycles. The number of methoxy groups -OCH3 is 3. The van der Waals surface area contributed by atoms with Gasteiger partial charge in [-0.25, -0.2) is 4.39 Å². The number of nitrogens with one attached hydrogen (secondary N) is 1. The number of ether oxygens (including phenoxy) is 3. The van der Waals surface area contributed by atoms with E-state index in [1.54, 1.807) is 25.3 Å². The lowest BCUT2D eigenvalue weighted by molar-refractivity contribution is 0.355. The van der Waals surface area contributed by atoms with Crippen LogP contribution in [0.5, 0.6) is 17.2 Å². The van der Waals surface area contributed by atoms with Gasteiger partial charge in [0.05, 0.1) is 32.7 Å². The first kappa shape index (κ1) is 14.8. The Morgan fingerprint density at radius 3 is 2.19 bits per heavy atom. The highest BCUT2D eigenvalue weighted by Crippen LogP contribution is 2.34. The zero-order chi connectivity index (χ0) is 15.4. The fourth-order valence-electron chi connectivity index (χ4n) is 1.91. The molecule has 0 atom stereocenters. The van der Waals surface area contributed by atoms with Crippen molar-refractivity contribution in [3.63, 3.8) is 0 Å². The van der Waals surface area contributed by atoms with Crippen molar-refractivity contribution in [2.75, 3.05) is 32.4 Å². The van der Waals surface area contributed by atoms with Gasteiger partial charge in [0.25, 0.3) is 0 Å². The minimum Gasteiger partial charge on any atom is -0.495 e. The van der Waals surface area contributed by atoms with Gasteiger partial charge in [0.15, 0.2) is 11.5 Å². The molecule has 0 aliphatic rings. The van der Waals surface area contributed by atoms with Crippen molar-refractivity contribution in [2.45, 2.75) is 0 Å². The summed E-state index contributed by atoms with van der Waals surface area (Å²) >= 11 is 0. The van der Waals surface area contributed by atoms with Gasteiger partial charge in [0, 0.05) is 23.9 Å². The maximum Gasteiger partial charge on any atom is 0.162 e. The van der Waals surface area contributed by atoms with Crippen LogP contribution in [0.15, 0.2) is 30.3 Å². The summed E-state index contributed by atoms with van der Waals surface area (Å²) in [5.74, 6) is 1.08. The molecule has 0 fully saturated rings. The van der Waals surface area contributed by atoms with E-state index < -0.39 is 5.82 Å². The topological polar surface area (TPSA) is 65.7 Å². The lowest BCUT2D eigenvalue weighted by Gasteiger charge is -2.13. The van der Waals surface area contributed by atoms with Gasteiger partial charge < -0.3 is 25.3 Å². The molecule has 21 heavy (non-hydrogen) atoms. The Bertz CT molecular complexity index is 647. The Hall–Kier alpha value is -2.63. The van der Waals surface area contributed by atoms with Crippen LogP contribution in [0.25, 0.3) is 0 Å². The summed E-state index contributed by atoms with van der Waals surface area (Å²) in [4.78, 5) is 0. The Morgan fingerprint density at radius 1 is 0.905 bits per heavy atom. The molecule has 0 radical (unpaired) electrons. The molecule has 112 valence electrons. The normalized spacial score (nSPS) is 10.1. The van der Waals surface area contributed by atoms with E-state index in [-0.39, 0.29) is 11.4 Å². The van der Waals surface area contributed by atoms with E-state index in [1.165, 1.54) is 26.4 Å². The van der Waals surface area contributed by atoms with Crippen molar-refractivity contribution in [3.8, 4) is 17.2 Å². The fourth-order valence-corrected chi connectivity index (χ4v) is 1.91. The van der Waals surface area contributed by atoms with E-state index in [0.717, 1.165) is 0 Å². The number of nitrogens with two attached hydrogens (primary N) is 1. The van der Waals surface area contributed by atoms with Crippen molar-refractivity contribution in [1.29, 1.82) is 0 Å². The number of halogens is 1. The van der Waals surface area contributed by atoms with Crippen LogP contribution in [0.1, 0.15) is 0 Å². The SMILES string of the molecule is COc1cc(Nc2ccc(OC)c(OC)c2)c(F)cc1N. The van der Waals surface area contributed by atoms with E-state index in [9.17, 15) is 4.39 Å². The van der Waals surface area contributed by atoms with Crippen LogP contribution in [-0.2, 0) is 0 Å². The van der Waals surface area contributed by atoms with Gasteiger partial charge in [-0.1, -0.05) is 0 Å². The standard InChI is InChI=1S/C15H17FN2O3/c1-19-13-5-4-9(6-15(13)21-3)18-12-8-14(20-2)11(17)7-10(12)16/h4-8,18H,17H2,1-3H3. The molecule has 0 aliphatic heterocycles. The van der Waals surface area contributed by atoms with Crippen LogP contribution in [0.4, 0.5) is 21.5 Å². The largest absolute Gasteiger partial charge is 0.495 e. The minimum absolute atomic E-state index is 0.243. The average molecular weight is 292 g/mol. The summed E-state index contributed by atoms with van der Waals surface area (Å²) in [6.45, 7) is 0. The van der Waals surface area contributed by atoms with Crippen LogP contribution in [0.2, 0.25) is 0 Å². The zero-order valence-corrected chi connectivity index (χ0v) is 12.1. The molecule has 5 nitrogen and oxygen atoms in total. The zero-order valence-electron chi connectivity index (χ0n) is 12.1. The van der Waals surface area contributed by atoms with Gasteiger partial charge in [0.1, 0.15) is 11.6 Å². The highest BCUT2D eigenvalue weighted by atomic mass is 19.1. The van der Waals surface area contributed by atoms with Crippen LogP contribution in [-0.4, -0.2) is 21.3 Å². The molecule has 0 amide bonds. The number of hydrogen-bond acceptors (Lipinski definition) is 5. The molecule has 2 rings (SSSR count). The van der Waals surface area contributed by atoms with E-state index in [1.807, 2.05) is 0 Å². The van der Waals surface area contributed by atoms with Crippen LogP contribution in [0.3, 0.4) is 0 Å². The summed E-state index contributed by atoms with van der Waals surface area (Å²) in [6.07, 6.45) is 0. The lowest BCUT2D eigenvalue weighted by atomic mass is 10.2. The molecule has 0 aromatic heterocycles. The van der Waals surface area contributed by atoms with Gasteiger partial charge in [-0.3, -0.25) is 0 Å². The Labute approximate surface area is 122 Å². The Morgan fingerprint density at radius 2 is 1.57 bits per heavy atom. The van der Waals surface area contributed by atoms with Gasteiger partial charge in [-0.15, -0.1) is 0 Å². The Kier molecular flexibility index (Phi) is 4.37. The first-order chi connectivity index (χ1) is 10.1. The predicted octanol–water partition coefficient (Wildman–Crippen LogP) is 3.18. The summed E-state index contributed by atoms with van der Waals surface area (Å²) in [7, 11) is 4.56. The van der Waals surface area contributed by atoms with Crippen LogP contribution >= 0.6 is 0 Å². The number of anilines is 3. The highest BCUT2D eigenvalue weighted by molar-refractivity contribution is 5.69. The smallest absolute Gasteiger partial charge is 0.162 e. The van der Waals surface area contributed by atoms with Gasteiger partial charge in [-0.2, -0.15) is 0 Å². The number of rotatable bonds is 5. The number of hydrogen-bond donors (Lipinski definition) is 2. The second kappa shape index (κ2) is 6.21. The summed E-state index contributed by atoms with van der Waals surface area (Å²) in [5.41, 5.74) is 6.80. The third-order valence-electron chi connectivity index (χ3n) is 2.98. The minimum atomic E-state index is -0.469. The molecule has 0 bridgehead atoms. The highest BCUT2D eigenvalue weighted by Gasteiger charge is 2.10. The molecule has 0 spiro atoms. The van der Waals surface area contributed by atoms with Gasteiger partial charge in [-0.05, 0) is 12.1 Å². The molecule has 2 aromatic rings. The van der Waals surface area contributed by atoms with Crippen molar-refractivity contribution in [2.24, 2.45) is 0 Å². The van der Waals surface area contributed by atoms with Crippen molar-refractivity contribution >= 4 is 17.1 Å². The third-order valence-corrected chi connectivity index (χ3v) is 2.98. The second-order valence-electron chi connectivity index (χ2n) is 4.27. The monoisotopic (exact) mass is 292 g/mol. The number of nitrogen functional groups attached to an aromatic ring is 1.